The Labute approximate surface area is 140 Å². The van der Waals surface area contributed by atoms with E-state index in [1.165, 1.54) is 44.9 Å². The van der Waals surface area contributed by atoms with Crippen molar-refractivity contribution in [3.8, 4) is 0 Å². The van der Waals surface area contributed by atoms with Gasteiger partial charge >= 0.3 is 0 Å². The molecule has 0 unspecified atom stereocenters. The number of hydrogen-bond acceptors (Lipinski definition) is 3. The summed E-state index contributed by atoms with van der Waals surface area (Å²) in [5.41, 5.74) is 0.945. The Morgan fingerprint density at radius 2 is 2.00 bits per heavy atom. The fourth-order valence-corrected chi connectivity index (χ4v) is 3.16. The van der Waals surface area contributed by atoms with Crippen LogP contribution < -0.4 is 10.6 Å². The second-order valence-electron chi connectivity index (χ2n) is 6.52. The van der Waals surface area contributed by atoms with E-state index in [0.717, 1.165) is 36.4 Å². The average Bonchev–Trinajstić information content (AvgIpc) is 3.15. The molecule has 23 heavy (non-hydrogen) atoms. The van der Waals surface area contributed by atoms with E-state index in [-0.39, 0.29) is 0 Å². The van der Waals surface area contributed by atoms with Crippen LogP contribution in [0.25, 0.3) is 0 Å². The normalized spacial score (nSPS) is 16.0. The topological polar surface area (TPSA) is 62.5 Å². The third-order valence-corrected chi connectivity index (χ3v) is 4.60. The Morgan fingerprint density at radius 1 is 1.22 bits per heavy atom. The second kappa shape index (κ2) is 9.58. The van der Waals surface area contributed by atoms with Crippen LogP contribution in [0.3, 0.4) is 0 Å². The Morgan fingerprint density at radius 3 is 2.65 bits per heavy atom. The van der Waals surface area contributed by atoms with E-state index >= 15 is 0 Å². The molecule has 0 spiro atoms. The van der Waals surface area contributed by atoms with E-state index in [9.17, 15) is 0 Å². The molecule has 1 aromatic heterocycles. The van der Waals surface area contributed by atoms with Crippen LogP contribution >= 0.6 is 0 Å². The molecule has 5 heteroatoms. The van der Waals surface area contributed by atoms with Crippen molar-refractivity contribution in [3.63, 3.8) is 0 Å². The molecule has 130 valence electrons. The van der Waals surface area contributed by atoms with Crippen molar-refractivity contribution in [2.75, 3.05) is 13.1 Å². The maximum Gasteiger partial charge on any atom is 0.216 e. The zero-order valence-corrected chi connectivity index (χ0v) is 15.0. The van der Waals surface area contributed by atoms with E-state index < -0.39 is 0 Å². The summed E-state index contributed by atoms with van der Waals surface area (Å²) in [6.45, 7) is 8.28. The molecule has 5 nitrogen and oxygen atoms in total. The van der Waals surface area contributed by atoms with E-state index in [0.29, 0.717) is 12.4 Å². The Bertz CT molecular complexity index is 470. The number of nitrogens with one attached hydrogen (secondary N) is 2. The fraction of sp³-hybridized carbons (Fsp3) is 0.778. The quantitative estimate of drug-likeness (QED) is 0.435. The van der Waals surface area contributed by atoms with Crippen molar-refractivity contribution in [1.29, 1.82) is 0 Å². The van der Waals surface area contributed by atoms with Gasteiger partial charge in [0.05, 0.1) is 5.69 Å². The van der Waals surface area contributed by atoms with Crippen LogP contribution in [-0.2, 0) is 6.54 Å². The monoisotopic (exact) mass is 320 g/mol. The summed E-state index contributed by atoms with van der Waals surface area (Å²) in [4.78, 5) is 8.92. The van der Waals surface area contributed by atoms with Crippen molar-refractivity contribution < 1.29 is 4.42 Å². The predicted octanol–water partition coefficient (Wildman–Crippen LogP) is 3.71. The third kappa shape index (κ3) is 6.24. The largest absolute Gasteiger partial charge is 0.444 e. The standard InChI is InChI=1S/C18H32N4O/c1-4-19-18(21-13-17-22-14(2)15(3)23-17)20-12-8-7-11-16-9-5-6-10-16/h16H,4-13H2,1-3H3,(H2,19,20,21). The lowest BCUT2D eigenvalue weighted by Gasteiger charge is -2.12. The number of rotatable bonds is 8. The molecule has 1 aliphatic rings. The van der Waals surface area contributed by atoms with E-state index in [2.05, 4.69) is 27.5 Å². The molecule has 1 aromatic rings. The summed E-state index contributed by atoms with van der Waals surface area (Å²) in [7, 11) is 0. The number of aryl methyl sites for hydroxylation is 2. The highest BCUT2D eigenvalue weighted by Crippen LogP contribution is 2.28. The molecule has 0 aromatic carbocycles. The van der Waals surface area contributed by atoms with Crippen molar-refractivity contribution in [1.82, 2.24) is 15.6 Å². The smallest absolute Gasteiger partial charge is 0.216 e. The lowest BCUT2D eigenvalue weighted by atomic mass is 10.0. The number of hydrogen-bond donors (Lipinski definition) is 2. The lowest BCUT2D eigenvalue weighted by molar-refractivity contribution is 0.470. The van der Waals surface area contributed by atoms with Crippen LogP contribution in [0.4, 0.5) is 0 Å². The number of aromatic nitrogens is 1. The molecule has 2 N–H and O–H groups in total. The van der Waals surface area contributed by atoms with Crippen LogP contribution in [0.2, 0.25) is 0 Å². The van der Waals surface area contributed by atoms with Gasteiger partial charge < -0.3 is 15.1 Å². The van der Waals surface area contributed by atoms with Gasteiger partial charge in [-0.3, -0.25) is 0 Å². The summed E-state index contributed by atoms with van der Waals surface area (Å²) in [6.07, 6.45) is 9.70. The molecule has 1 fully saturated rings. The first-order valence-electron chi connectivity index (χ1n) is 9.14. The summed E-state index contributed by atoms with van der Waals surface area (Å²) in [5.74, 6) is 3.40. The van der Waals surface area contributed by atoms with Crippen LogP contribution in [-0.4, -0.2) is 24.0 Å². The minimum absolute atomic E-state index is 0.478. The molecular formula is C18H32N4O. The van der Waals surface area contributed by atoms with Gasteiger partial charge in [0.1, 0.15) is 12.3 Å². The van der Waals surface area contributed by atoms with Gasteiger partial charge in [-0.1, -0.05) is 38.5 Å². The zero-order valence-electron chi connectivity index (χ0n) is 15.0. The third-order valence-electron chi connectivity index (χ3n) is 4.60. The summed E-state index contributed by atoms with van der Waals surface area (Å²) in [6, 6.07) is 0. The van der Waals surface area contributed by atoms with E-state index in [1.54, 1.807) is 0 Å². The van der Waals surface area contributed by atoms with E-state index in [4.69, 9.17) is 4.42 Å². The molecule has 0 saturated heterocycles. The minimum Gasteiger partial charge on any atom is -0.444 e. The zero-order chi connectivity index (χ0) is 16.5. The van der Waals surface area contributed by atoms with Crippen LogP contribution in [0, 0.1) is 19.8 Å². The Kier molecular flexibility index (Phi) is 7.43. The summed E-state index contributed by atoms with van der Waals surface area (Å²) in [5, 5.41) is 6.68. The predicted molar refractivity (Wildman–Crippen MR) is 94.6 cm³/mol. The average molecular weight is 320 g/mol. The molecule has 2 rings (SSSR count). The van der Waals surface area contributed by atoms with Gasteiger partial charge in [0.25, 0.3) is 0 Å². The van der Waals surface area contributed by atoms with Gasteiger partial charge in [0.15, 0.2) is 5.96 Å². The van der Waals surface area contributed by atoms with Gasteiger partial charge in [-0.15, -0.1) is 0 Å². The molecule has 0 radical (unpaired) electrons. The fourth-order valence-electron chi connectivity index (χ4n) is 3.16. The first-order chi connectivity index (χ1) is 11.2. The summed E-state index contributed by atoms with van der Waals surface area (Å²) < 4.78 is 5.57. The molecular weight excluding hydrogens is 288 g/mol. The maximum atomic E-state index is 5.57. The molecule has 1 saturated carbocycles. The van der Waals surface area contributed by atoms with Gasteiger partial charge in [-0.2, -0.15) is 0 Å². The van der Waals surface area contributed by atoms with Gasteiger partial charge in [0.2, 0.25) is 5.89 Å². The second-order valence-corrected chi connectivity index (χ2v) is 6.52. The highest BCUT2D eigenvalue weighted by Gasteiger charge is 2.13. The first-order valence-corrected chi connectivity index (χ1v) is 9.14. The Balaban J connectivity index is 1.68. The number of nitrogens with zero attached hydrogens (tertiary/aromatic N) is 2. The van der Waals surface area contributed by atoms with Crippen molar-refractivity contribution in [2.45, 2.75) is 72.3 Å². The van der Waals surface area contributed by atoms with E-state index in [1.807, 2.05) is 13.8 Å². The number of oxazole rings is 1. The van der Waals surface area contributed by atoms with Gasteiger partial charge in [-0.25, -0.2) is 9.98 Å². The molecule has 0 amide bonds. The first kappa shape index (κ1) is 17.8. The Hall–Kier alpha value is -1.52. The summed E-state index contributed by atoms with van der Waals surface area (Å²) >= 11 is 0. The van der Waals surface area contributed by atoms with Crippen molar-refractivity contribution in [2.24, 2.45) is 10.9 Å². The molecule has 0 bridgehead atoms. The van der Waals surface area contributed by atoms with Crippen molar-refractivity contribution in [3.05, 3.63) is 17.3 Å². The molecule has 1 heterocycles. The minimum atomic E-state index is 0.478. The van der Waals surface area contributed by atoms with Crippen LogP contribution in [0.15, 0.2) is 9.41 Å². The highest BCUT2D eigenvalue weighted by molar-refractivity contribution is 5.79. The van der Waals surface area contributed by atoms with Crippen LogP contribution in [0.1, 0.15) is 69.2 Å². The number of aliphatic imine (C=N–C) groups is 1. The lowest BCUT2D eigenvalue weighted by Crippen LogP contribution is -2.37. The number of unbranched alkanes of at least 4 members (excludes halogenated alkanes) is 1. The van der Waals surface area contributed by atoms with Crippen molar-refractivity contribution >= 4 is 5.96 Å². The number of guanidine groups is 1. The van der Waals surface area contributed by atoms with Crippen LogP contribution in [0.5, 0.6) is 0 Å². The molecule has 1 aliphatic carbocycles. The highest BCUT2D eigenvalue weighted by atomic mass is 16.4. The SMILES string of the molecule is CCNC(=NCc1nc(C)c(C)o1)NCCCCC1CCCC1. The van der Waals surface area contributed by atoms with Gasteiger partial charge in [-0.05, 0) is 33.1 Å². The molecule has 0 aliphatic heterocycles. The maximum absolute atomic E-state index is 5.57. The van der Waals surface area contributed by atoms with Gasteiger partial charge in [0, 0.05) is 13.1 Å². The molecule has 0 atom stereocenters.